The standard InChI is InChI=1S/C9H18N2O3S/c1-10-8-4-6-11(9(8)12)5-3-7-15(2,13)14/h8,10H,3-7H2,1-2H3. The van der Waals surface area contributed by atoms with Crippen molar-refractivity contribution in [1.82, 2.24) is 10.2 Å². The molecule has 0 bridgehead atoms. The van der Waals surface area contributed by atoms with Crippen LogP contribution >= 0.6 is 0 Å². The number of carbonyl (C=O) groups excluding carboxylic acids is 1. The number of carbonyl (C=O) groups is 1. The van der Waals surface area contributed by atoms with Crippen molar-refractivity contribution in [2.24, 2.45) is 0 Å². The van der Waals surface area contributed by atoms with Crippen molar-refractivity contribution >= 4 is 15.7 Å². The third-order valence-electron chi connectivity index (χ3n) is 2.59. The van der Waals surface area contributed by atoms with Gasteiger partial charge in [-0.15, -0.1) is 0 Å². The van der Waals surface area contributed by atoms with Crippen molar-refractivity contribution in [1.29, 1.82) is 0 Å². The summed E-state index contributed by atoms with van der Waals surface area (Å²) in [5.74, 6) is 0.243. The van der Waals surface area contributed by atoms with E-state index in [0.29, 0.717) is 13.0 Å². The van der Waals surface area contributed by atoms with E-state index in [1.165, 1.54) is 6.26 Å². The normalized spacial score (nSPS) is 22.4. The summed E-state index contributed by atoms with van der Waals surface area (Å²) in [4.78, 5) is 13.3. The molecular weight excluding hydrogens is 216 g/mol. The van der Waals surface area contributed by atoms with Crippen LogP contribution in [0.15, 0.2) is 0 Å². The van der Waals surface area contributed by atoms with E-state index in [1.807, 2.05) is 0 Å². The zero-order chi connectivity index (χ0) is 11.5. The summed E-state index contributed by atoms with van der Waals surface area (Å²) in [7, 11) is -1.14. The molecule has 1 saturated heterocycles. The molecule has 1 fully saturated rings. The molecule has 0 aliphatic carbocycles. The molecule has 0 spiro atoms. The first-order chi connectivity index (χ1) is 6.94. The fraction of sp³-hybridized carbons (Fsp3) is 0.889. The quantitative estimate of drug-likeness (QED) is 0.679. The highest BCUT2D eigenvalue weighted by molar-refractivity contribution is 7.90. The molecule has 1 N–H and O–H groups in total. The Labute approximate surface area is 90.7 Å². The highest BCUT2D eigenvalue weighted by Crippen LogP contribution is 2.11. The number of hydrogen-bond acceptors (Lipinski definition) is 4. The highest BCUT2D eigenvalue weighted by Gasteiger charge is 2.29. The Morgan fingerprint density at radius 3 is 2.67 bits per heavy atom. The van der Waals surface area contributed by atoms with Gasteiger partial charge in [-0.3, -0.25) is 4.79 Å². The highest BCUT2D eigenvalue weighted by atomic mass is 32.2. The topological polar surface area (TPSA) is 66.5 Å². The molecule has 0 aromatic carbocycles. The van der Waals surface area contributed by atoms with Gasteiger partial charge >= 0.3 is 0 Å². The lowest BCUT2D eigenvalue weighted by atomic mass is 10.3. The van der Waals surface area contributed by atoms with Crippen molar-refractivity contribution in [3.05, 3.63) is 0 Å². The minimum atomic E-state index is -2.91. The molecule has 6 heteroatoms. The SMILES string of the molecule is CNC1CCN(CCCS(C)(=O)=O)C1=O. The Morgan fingerprint density at radius 2 is 2.20 bits per heavy atom. The maximum Gasteiger partial charge on any atom is 0.239 e. The third-order valence-corrected chi connectivity index (χ3v) is 3.62. The molecule has 0 aromatic heterocycles. The second-order valence-electron chi connectivity index (χ2n) is 3.94. The first kappa shape index (κ1) is 12.4. The van der Waals surface area contributed by atoms with E-state index in [-0.39, 0.29) is 17.7 Å². The predicted octanol–water partition coefficient (Wildman–Crippen LogP) is -0.759. The zero-order valence-electron chi connectivity index (χ0n) is 9.19. The van der Waals surface area contributed by atoms with Crippen LogP contribution in [-0.2, 0) is 14.6 Å². The molecule has 0 saturated carbocycles. The maximum atomic E-state index is 11.6. The first-order valence-electron chi connectivity index (χ1n) is 5.08. The monoisotopic (exact) mass is 234 g/mol. The molecule has 1 heterocycles. The van der Waals surface area contributed by atoms with Crippen LogP contribution in [0.4, 0.5) is 0 Å². The van der Waals surface area contributed by atoms with E-state index in [9.17, 15) is 13.2 Å². The fourth-order valence-corrected chi connectivity index (χ4v) is 2.40. The number of amides is 1. The average Bonchev–Trinajstić information content (AvgIpc) is 2.46. The predicted molar refractivity (Wildman–Crippen MR) is 58.4 cm³/mol. The van der Waals surface area contributed by atoms with Gasteiger partial charge in [0.1, 0.15) is 9.84 Å². The van der Waals surface area contributed by atoms with Gasteiger partial charge in [-0.05, 0) is 19.9 Å². The number of likely N-dealkylation sites (N-methyl/N-ethyl adjacent to an activating group) is 1. The fourth-order valence-electron chi connectivity index (χ4n) is 1.75. The van der Waals surface area contributed by atoms with Crippen molar-refractivity contribution in [2.75, 3.05) is 32.1 Å². The summed E-state index contributed by atoms with van der Waals surface area (Å²) >= 11 is 0. The van der Waals surface area contributed by atoms with Crippen LogP contribution in [0.25, 0.3) is 0 Å². The molecule has 88 valence electrons. The zero-order valence-corrected chi connectivity index (χ0v) is 10.0. The van der Waals surface area contributed by atoms with E-state index >= 15 is 0 Å². The smallest absolute Gasteiger partial charge is 0.239 e. The number of sulfone groups is 1. The second-order valence-corrected chi connectivity index (χ2v) is 6.20. The summed E-state index contributed by atoms with van der Waals surface area (Å²) in [6.07, 6.45) is 2.56. The minimum Gasteiger partial charge on any atom is -0.341 e. The Bertz CT molecular complexity index is 326. The number of nitrogens with zero attached hydrogens (tertiary/aromatic N) is 1. The van der Waals surface area contributed by atoms with Crippen LogP contribution in [-0.4, -0.2) is 57.4 Å². The Balaban J connectivity index is 2.32. The second kappa shape index (κ2) is 4.94. The van der Waals surface area contributed by atoms with Gasteiger partial charge in [-0.2, -0.15) is 0 Å². The van der Waals surface area contributed by atoms with Crippen LogP contribution in [0.5, 0.6) is 0 Å². The van der Waals surface area contributed by atoms with E-state index in [2.05, 4.69) is 5.32 Å². The maximum absolute atomic E-state index is 11.6. The summed E-state index contributed by atoms with van der Waals surface area (Å²) in [5, 5.41) is 2.94. The van der Waals surface area contributed by atoms with Crippen LogP contribution < -0.4 is 5.32 Å². The molecule has 0 aromatic rings. The summed E-state index contributed by atoms with van der Waals surface area (Å²) < 4.78 is 21.8. The molecule has 1 amide bonds. The molecule has 1 aliphatic heterocycles. The molecule has 1 aliphatic rings. The Hall–Kier alpha value is -0.620. The van der Waals surface area contributed by atoms with Gasteiger partial charge in [0, 0.05) is 19.3 Å². The minimum absolute atomic E-state index is 0.0803. The molecule has 5 nitrogen and oxygen atoms in total. The lowest BCUT2D eigenvalue weighted by molar-refractivity contribution is -0.129. The van der Waals surface area contributed by atoms with Crippen LogP contribution in [0, 0.1) is 0 Å². The summed E-state index contributed by atoms with van der Waals surface area (Å²) in [6, 6.07) is -0.0803. The lowest BCUT2D eigenvalue weighted by Gasteiger charge is -2.15. The van der Waals surface area contributed by atoms with Crippen molar-refractivity contribution in [3.63, 3.8) is 0 Å². The van der Waals surface area contributed by atoms with E-state index in [4.69, 9.17) is 0 Å². The van der Waals surface area contributed by atoms with Gasteiger partial charge in [0.05, 0.1) is 11.8 Å². The van der Waals surface area contributed by atoms with Gasteiger partial charge < -0.3 is 10.2 Å². The van der Waals surface area contributed by atoms with Gasteiger partial charge in [0.25, 0.3) is 0 Å². The molecule has 15 heavy (non-hydrogen) atoms. The van der Waals surface area contributed by atoms with Crippen LogP contribution in [0.1, 0.15) is 12.8 Å². The van der Waals surface area contributed by atoms with Crippen LogP contribution in [0.2, 0.25) is 0 Å². The molecule has 1 atom stereocenters. The number of rotatable bonds is 5. The van der Waals surface area contributed by atoms with E-state index in [1.54, 1.807) is 11.9 Å². The number of likely N-dealkylation sites (tertiary alicyclic amines) is 1. The van der Waals surface area contributed by atoms with E-state index in [0.717, 1.165) is 13.0 Å². The first-order valence-corrected chi connectivity index (χ1v) is 7.14. The number of nitrogens with one attached hydrogen (secondary N) is 1. The van der Waals surface area contributed by atoms with Gasteiger partial charge in [0.15, 0.2) is 0 Å². The third kappa shape index (κ3) is 3.79. The molecule has 0 radical (unpaired) electrons. The molecule has 1 rings (SSSR count). The molecular formula is C9H18N2O3S. The van der Waals surface area contributed by atoms with Gasteiger partial charge in [-0.1, -0.05) is 0 Å². The van der Waals surface area contributed by atoms with E-state index < -0.39 is 9.84 Å². The Morgan fingerprint density at radius 1 is 1.53 bits per heavy atom. The van der Waals surface area contributed by atoms with Gasteiger partial charge in [-0.25, -0.2) is 8.42 Å². The van der Waals surface area contributed by atoms with Crippen LogP contribution in [0.3, 0.4) is 0 Å². The summed E-state index contributed by atoms with van der Waals surface area (Å²) in [5.41, 5.74) is 0. The molecule has 1 unspecified atom stereocenters. The number of hydrogen-bond donors (Lipinski definition) is 1. The van der Waals surface area contributed by atoms with Crippen molar-refractivity contribution < 1.29 is 13.2 Å². The van der Waals surface area contributed by atoms with Crippen molar-refractivity contribution in [3.8, 4) is 0 Å². The average molecular weight is 234 g/mol. The lowest BCUT2D eigenvalue weighted by Crippen LogP contribution is -2.37. The van der Waals surface area contributed by atoms with Gasteiger partial charge in [0.2, 0.25) is 5.91 Å². The van der Waals surface area contributed by atoms with Crippen molar-refractivity contribution in [2.45, 2.75) is 18.9 Å². The largest absolute Gasteiger partial charge is 0.341 e. The summed E-state index contributed by atoms with van der Waals surface area (Å²) in [6.45, 7) is 1.28. The Kier molecular flexibility index (Phi) is 4.10.